The zero-order chi connectivity index (χ0) is 14.5. The summed E-state index contributed by atoms with van der Waals surface area (Å²) in [5.41, 5.74) is 0. The Hall–Kier alpha value is -1.40. The summed E-state index contributed by atoms with van der Waals surface area (Å²) >= 11 is 1.66. The third-order valence-electron chi connectivity index (χ3n) is 3.70. The van der Waals surface area contributed by atoms with Crippen molar-refractivity contribution >= 4 is 23.2 Å². The van der Waals surface area contributed by atoms with Crippen LogP contribution in [0, 0.1) is 0 Å². The average Bonchev–Trinajstić information content (AvgIpc) is 2.90. The van der Waals surface area contributed by atoms with Crippen LogP contribution >= 0.6 is 11.3 Å². The molecule has 110 valence electrons. The van der Waals surface area contributed by atoms with Crippen molar-refractivity contribution in [3.63, 3.8) is 0 Å². The van der Waals surface area contributed by atoms with Gasteiger partial charge in [0, 0.05) is 44.0 Å². The van der Waals surface area contributed by atoms with Gasteiger partial charge in [0.25, 0.3) is 0 Å². The number of carboxylic acids is 1. The molecule has 1 aliphatic rings. The fourth-order valence-electron chi connectivity index (χ4n) is 2.59. The fourth-order valence-corrected chi connectivity index (χ4v) is 3.37. The van der Waals surface area contributed by atoms with Crippen molar-refractivity contribution in [3.05, 3.63) is 22.4 Å². The number of nitrogens with zero attached hydrogens (tertiary/aromatic N) is 2. The number of hydrogen-bond acceptors (Lipinski definition) is 4. The maximum Gasteiger partial charge on any atom is 0.304 e. The molecule has 5 nitrogen and oxygen atoms in total. The summed E-state index contributed by atoms with van der Waals surface area (Å²) in [5.74, 6) is -0.668. The van der Waals surface area contributed by atoms with E-state index in [0.717, 1.165) is 19.5 Å². The van der Waals surface area contributed by atoms with Gasteiger partial charge in [0.1, 0.15) is 0 Å². The van der Waals surface area contributed by atoms with Gasteiger partial charge in [-0.2, -0.15) is 0 Å². The van der Waals surface area contributed by atoms with E-state index in [0.29, 0.717) is 13.1 Å². The molecule has 0 spiro atoms. The fraction of sp³-hybridized carbons (Fsp3) is 0.571. The second-order valence-electron chi connectivity index (χ2n) is 5.08. The van der Waals surface area contributed by atoms with Gasteiger partial charge in [0.15, 0.2) is 0 Å². The molecule has 6 heteroatoms. The minimum atomic E-state index is -0.763. The molecule has 1 fully saturated rings. The monoisotopic (exact) mass is 296 g/mol. The van der Waals surface area contributed by atoms with Crippen molar-refractivity contribution in [2.24, 2.45) is 0 Å². The van der Waals surface area contributed by atoms with Gasteiger partial charge in [-0.3, -0.25) is 14.5 Å². The summed E-state index contributed by atoms with van der Waals surface area (Å²) in [5, 5.41) is 11.1. The van der Waals surface area contributed by atoms with Crippen LogP contribution in [-0.4, -0.2) is 59.0 Å². The lowest BCUT2D eigenvalue weighted by molar-refractivity contribution is -0.139. The van der Waals surface area contributed by atoms with E-state index in [1.165, 1.54) is 4.88 Å². The molecule has 0 radical (unpaired) electrons. The summed E-state index contributed by atoms with van der Waals surface area (Å²) in [6, 6.07) is 4.05. The van der Waals surface area contributed by atoms with Crippen molar-refractivity contribution < 1.29 is 14.7 Å². The molecule has 2 heterocycles. The first-order valence-corrected chi connectivity index (χ1v) is 7.68. The average molecular weight is 296 g/mol. The third-order valence-corrected chi connectivity index (χ3v) is 4.60. The highest BCUT2D eigenvalue weighted by Gasteiger charge is 2.26. The van der Waals surface area contributed by atoms with Crippen LogP contribution in [0.2, 0.25) is 0 Å². The van der Waals surface area contributed by atoms with E-state index in [-0.39, 0.29) is 18.4 Å². The van der Waals surface area contributed by atoms with Crippen molar-refractivity contribution in [3.8, 4) is 0 Å². The molecule has 1 amide bonds. The Balaban J connectivity index is 1.97. The van der Waals surface area contributed by atoms with Crippen molar-refractivity contribution in [1.82, 2.24) is 9.80 Å². The Morgan fingerprint density at radius 2 is 2.05 bits per heavy atom. The highest BCUT2D eigenvalue weighted by atomic mass is 32.1. The van der Waals surface area contributed by atoms with Gasteiger partial charge in [-0.15, -0.1) is 11.3 Å². The molecule has 1 aromatic heterocycles. The van der Waals surface area contributed by atoms with E-state index in [2.05, 4.69) is 4.90 Å². The summed E-state index contributed by atoms with van der Waals surface area (Å²) in [7, 11) is 0. The van der Waals surface area contributed by atoms with Crippen molar-refractivity contribution in [2.75, 3.05) is 26.2 Å². The number of piperazine rings is 1. The number of amides is 1. The van der Waals surface area contributed by atoms with Crippen LogP contribution in [0.15, 0.2) is 17.5 Å². The van der Waals surface area contributed by atoms with E-state index in [9.17, 15) is 9.59 Å². The van der Waals surface area contributed by atoms with Gasteiger partial charge in [0.05, 0.1) is 6.42 Å². The highest BCUT2D eigenvalue weighted by molar-refractivity contribution is 7.09. The van der Waals surface area contributed by atoms with E-state index in [1.807, 2.05) is 22.4 Å². The van der Waals surface area contributed by atoms with E-state index in [1.54, 1.807) is 18.3 Å². The normalized spacial score (nSPS) is 17.9. The lowest BCUT2D eigenvalue weighted by Gasteiger charge is -2.38. The van der Waals surface area contributed by atoms with Crippen LogP contribution in [0.3, 0.4) is 0 Å². The van der Waals surface area contributed by atoms with Crippen LogP contribution in [0.25, 0.3) is 0 Å². The number of aliphatic carboxylic acids is 1. The molecule has 20 heavy (non-hydrogen) atoms. The van der Waals surface area contributed by atoms with E-state index < -0.39 is 5.97 Å². The SMILES string of the molecule is CC(=O)N1CCN(C(CC(=O)O)Cc2cccs2)CC1. The van der Waals surface area contributed by atoms with E-state index in [4.69, 9.17) is 5.11 Å². The maximum atomic E-state index is 11.3. The van der Waals surface area contributed by atoms with Crippen LogP contribution < -0.4 is 0 Å². The van der Waals surface area contributed by atoms with Crippen LogP contribution in [0.1, 0.15) is 18.2 Å². The molecule has 0 aromatic carbocycles. The minimum Gasteiger partial charge on any atom is -0.481 e. The zero-order valence-corrected chi connectivity index (χ0v) is 12.4. The van der Waals surface area contributed by atoms with E-state index >= 15 is 0 Å². The van der Waals surface area contributed by atoms with Crippen molar-refractivity contribution in [1.29, 1.82) is 0 Å². The Morgan fingerprint density at radius 1 is 1.35 bits per heavy atom. The molecular weight excluding hydrogens is 276 g/mol. The van der Waals surface area contributed by atoms with Crippen LogP contribution in [-0.2, 0) is 16.0 Å². The Labute approximate surface area is 122 Å². The van der Waals surface area contributed by atoms with Gasteiger partial charge in [-0.05, 0) is 17.9 Å². The number of rotatable bonds is 5. The highest BCUT2D eigenvalue weighted by Crippen LogP contribution is 2.18. The van der Waals surface area contributed by atoms with Gasteiger partial charge in [-0.1, -0.05) is 6.07 Å². The van der Waals surface area contributed by atoms with Gasteiger partial charge < -0.3 is 10.0 Å². The zero-order valence-electron chi connectivity index (χ0n) is 11.6. The Bertz CT molecular complexity index is 453. The predicted octanol–water partition coefficient (Wildman–Crippen LogP) is 1.30. The first kappa shape index (κ1) is 15.0. The Kier molecular flexibility index (Phi) is 5.14. The molecule has 1 unspecified atom stereocenters. The topological polar surface area (TPSA) is 60.9 Å². The van der Waals surface area contributed by atoms with Crippen molar-refractivity contribution in [2.45, 2.75) is 25.8 Å². The molecule has 0 aliphatic carbocycles. The van der Waals surface area contributed by atoms with Crippen LogP contribution in [0.5, 0.6) is 0 Å². The smallest absolute Gasteiger partial charge is 0.304 e. The molecule has 0 bridgehead atoms. The summed E-state index contributed by atoms with van der Waals surface area (Å²) in [4.78, 5) is 27.6. The van der Waals surface area contributed by atoms with Crippen LogP contribution in [0.4, 0.5) is 0 Å². The number of hydrogen-bond donors (Lipinski definition) is 1. The third kappa shape index (κ3) is 4.05. The standard InChI is InChI=1S/C14H20N2O3S/c1-11(17)15-4-6-16(7-5-15)12(10-14(18)19)9-13-3-2-8-20-13/h2-3,8,12H,4-7,9-10H2,1H3,(H,18,19). The predicted molar refractivity (Wildman–Crippen MR) is 77.9 cm³/mol. The molecule has 1 aromatic rings. The molecule has 1 N–H and O–H groups in total. The molecule has 1 atom stereocenters. The molecule has 1 aliphatic heterocycles. The number of thiophene rings is 1. The second kappa shape index (κ2) is 6.85. The number of carbonyl (C=O) groups is 2. The quantitative estimate of drug-likeness (QED) is 0.889. The molecule has 1 saturated heterocycles. The van der Waals surface area contributed by atoms with Gasteiger partial charge >= 0.3 is 5.97 Å². The summed E-state index contributed by atoms with van der Waals surface area (Å²) in [6.45, 7) is 4.47. The van der Waals surface area contributed by atoms with Gasteiger partial charge in [-0.25, -0.2) is 0 Å². The lowest BCUT2D eigenvalue weighted by Crippen LogP contribution is -2.52. The number of carboxylic acid groups (broad SMARTS) is 1. The molecule has 0 saturated carbocycles. The molecular formula is C14H20N2O3S. The minimum absolute atomic E-state index is 0.0141. The Morgan fingerprint density at radius 3 is 2.55 bits per heavy atom. The first-order valence-electron chi connectivity index (χ1n) is 6.80. The second-order valence-corrected chi connectivity index (χ2v) is 6.11. The van der Waals surface area contributed by atoms with Gasteiger partial charge in [0.2, 0.25) is 5.91 Å². The largest absolute Gasteiger partial charge is 0.481 e. The summed E-state index contributed by atoms with van der Waals surface area (Å²) < 4.78 is 0. The number of carbonyl (C=O) groups excluding carboxylic acids is 1. The maximum absolute atomic E-state index is 11.3. The lowest BCUT2D eigenvalue weighted by atomic mass is 10.1. The first-order chi connectivity index (χ1) is 9.56. The molecule has 2 rings (SSSR count). The summed E-state index contributed by atoms with van der Waals surface area (Å²) in [6.07, 6.45) is 0.919.